The molecule has 3 rings (SSSR count). The van der Waals surface area contributed by atoms with E-state index in [1.165, 1.54) is 11.8 Å². The van der Waals surface area contributed by atoms with E-state index in [-0.39, 0.29) is 23.5 Å². The predicted molar refractivity (Wildman–Crippen MR) is 104 cm³/mol. The summed E-state index contributed by atoms with van der Waals surface area (Å²) in [6.45, 7) is 0. The van der Waals surface area contributed by atoms with E-state index in [0.29, 0.717) is 15.7 Å². The van der Waals surface area contributed by atoms with Crippen molar-refractivity contribution in [3.63, 3.8) is 0 Å². The first kappa shape index (κ1) is 18.1. The Bertz CT molecular complexity index is 809. The number of carbonyl (C=O) groups is 2. The van der Waals surface area contributed by atoms with Gasteiger partial charge in [-0.15, -0.1) is 11.8 Å². The Morgan fingerprint density at radius 2 is 1.76 bits per heavy atom. The van der Waals surface area contributed by atoms with Crippen molar-refractivity contribution in [3.05, 3.63) is 52.5 Å². The number of hydrogen-bond acceptors (Lipinski definition) is 3. The van der Waals surface area contributed by atoms with Gasteiger partial charge in [0.25, 0.3) is 0 Å². The molecule has 0 atom stereocenters. The van der Waals surface area contributed by atoms with Gasteiger partial charge in [-0.05, 0) is 49.2 Å². The van der Waals surface area contributed by atoms with E-state index in [1.54, 1.807) is 18.2 Å². The second-order valence-corrected chi connectivity index (χ2v) is 7.62. The zero-order valence-electron chi connectivity index (χ0n) is 13.2. The molecule has 0 bridgehead atoms. The van der Waals surface area contributed by atoms with Crippen molar-refractivity contribution in [2.75, 3.05) is 16.4 Å². The van der Waals surface area contributed by atoms with Gasteiger partial charge < -0.3 is 10.6 Å². The van der Waals surface area contributed by atoms with Gasteiger partial charge in [0.1, 0.15) is 0 Å². The third-order valence-electron chi connectivity index (χ3n) is 3.62. The van der Waals surface area contributed by atoms with Crippen molar-refractivity contribution in [3.8, 4) is 0 Å². The van der Waals surface area contributed by atoms with Gasteiger partial charge in [0, 0.05) is 22.2 Å². The molecule has 0 unspecified atom stereocenters. The van der Waals surface area contributed by atoms with Crippen molar-refractivity contribution in [2.24, 2.45) is 5.92 Å². The van der Waals surface area contributed by atoms with E-state index >= 15 is 0 Å². The average Bonchev–Trinajstić information content (AvgIpc) is 3.42. The number of anilines is 2. The molecule has 1 aliphatic carbocycles. The lowest BCUT2D eigenvalue weighted by Crippen LogP contribution is -2.14. The topological polar surface area (TPSA) is 58.2 Å². The average molecular weight is 395 g/mol. The van der Waals surface area contributed by atoms with Gasteiger partial charge in [0.2, 0.25) is 11.8 Å². The Kier molecular flexibility index (Phi) is 5.89. The van der Waals surface area contributed by atoms with Crippen molar-refractivity contribution in [1.82, 2.24) is 0 Å². The minimum atomic E-state index is -0.143. The smallest absolute Gasteiger partial charge is 0.234 e. The number of hydrogen-bond donors (Lipinski definition) is 2. The summed E-state index contributed by atoms with van der Waals surface area (Å²) in [7, 11) is 0. The lowest BCUT2D eigenvalue weighted by Gasteiger charge is -2.08. The zero-order chi connectivity index (χ0) is 17.8. The maximum absolute atomic E-state index is 12.1. The Hall–Kier alpha value is -1.69. The molecular formula is C18H16Cl2N2O2S. The van der Waals surface area contributed by atoms with Gasteiger partial charge in [-0.1, -0.05) is 29.3 Å². The van der Waals surface area contributed by atoms with Crippen LogP contribution in [0.15, 0.2) is 47.4 Å². The Balaban J connectivity index is 1.52. The summed E-state index contributed by atoms with van der Waals surface area (Å²) in [5, 5.41) is 6.52. The number of carbonyl (C=O) groups excluding carboxylic acids is 2. The van der Waals surface area contributed by atoms with Crippen LogP contribution in [0.4, 0.5) is 11.4 Å². The van der Waals surface area contributed by atoms with Crippen LogP contribution >= 0.6 is 35.0 Å². The summed E-state index contributed by atoms with van der Waals surface area (Å²) in [6.07, 6.45) is 1.93. The van der Waals surface area contributed by atoms with E-state index in [2.05, 4.69) is 10.6 Å². The predicted octanol–water partition coefficient (Wildman–Crippen LogP) is 5.07. The molecule has 1 saturated carbocycles. The number of nitrogens with one attached hydrogen (secondary N) is 2. The first-order chi connectivity index (χ1) is 12.0. The summed E-state index contributed by atoms with van der Waals surface area (Å²) in [6, 6.07) is 12.4. The van der Waals surface area contributed by atoms with Gasteiger partial charge in [-0.2, -0.15) is 0 Å². The molecule has 2 aromatic carbocycles. The van der Waals surface area contributed by atoms with Gasteiger partial charge in [-0.25, -0.2) is 0 Å². The van der Waals surface area contributed by atoms with Crippen molar-refractivity contribution in [1.29, 1.82) is 0 Å². The quantitative estimate of drug-likeness (QED) is 0.672. The van der Waals surface area contributed by atoms with Crippen LogP contribution in [0.25, 0.3) is 0 Å². The summed E-state index contributed by atoms with van der Waals surface area (Å²) < 4.78 is 0. The SMILES string of the molecule is O=C(CSc1cccc(NC(=O)C2CC2)c1)Nc1ccc(Cl)c(Cl)c1. The van der Waals surface area contributed by atoms with E-state index in [9.17, 15) is 9.59 Å². The summed E-state index contributed by atoms with van der Waals surface area (Å²) in [5.41, 5.74) is 1.36. The van der Waals surface area contributed by atoms with E-state index in [0.717, 1.165) is 23.4 Å². The minimum absolute atomic E-state index is 0.0690. The van der Waals surface area contributed by atoms with Crippen LogP contribution in [-0.2, 0) is 9.59 Å². The monoisotopic (exact) mass is 394 g/mol. The molecule has 2 aromatic rings. The third kappa shape index (κ3) is 5.39. The number of amides is 2. The molecule has 0 heterocycles. The molecule has 2 amide bonds. The van der Waals surface area contributed by atoms with E-state index in [1.807, 2.05) is 24.3 Å². The fourth-order valence-electron chi connectivity index (χ4n) is 2.17. The summed E-state index contributed by atoms with van der Waals surface area (Å²) in [5.74, 6) is 0.337. The fraction of sp³-hybridized carbons (Fsp3) is 0.222. The highest BCUT2D eigenvalue weighted by Crippen LogP contribution is 2.31. The molecule has 7 heteroatoms. The summed E-state index contributed by atoms with van der Waals surface area (Å²) >= 11 is 13.2. The second kappa shape index (κ2) is 8.13. The van der Waals surface area contributed by atoms with E-state index in [4.69, 9.17) is 23.2 Å². The molecule has 0 saturated heterocycles. The number of benzene rings is 2. The molecule has 0 radical (unpaired) electrons. The highest BCUT2D eigenvalue weighted by atomic mass is 35.5. The number of thioether (sulfide) groups is 1. The Morgan fingerprint density at radius 1 is 1.00 bits per heavy atom. The summed E-state index contributed by atoms with van der Waals surface area (Å²) in [4.78, 5) is 24.8. The normalized spacial score (nSPS) is 13.4. The second-order valence-electron chi connectivity index (χ2n) is 5.76. The maximum Gasteiger partial charge on any atom is 0.234 e. The Morgan fingerprint density at radius 3 is 2.48 bits per heavy atom. The van der Waals surface area contributed by atoms with Crippen LogP contribution < -0.4 is 10.6 Å². The van der Waals surface area contributed by atoms with Crippen molar-refractivity contribution < 1.29 is 9.59 Å². The van der Waals surface area contributed by atoms with Crippen LogP contribution in [-0.4, -0.2) is 17.6 Å². The van der Waals surface area contributed by atoms with Gasteiger partial charge in [-0.3, -0.25) is 9.59 Å². The molecule has 25 heavy (non-hydrogen) atoms. The molecule has 0 aliphatic heterocycles. The van der Waals surface area contributed by atoms with Crippen LogP contribution in [0.1, 0.15) is 12.8 Å². The standard InChI is InChI=1S/C18H16Cl2N2O2S/c19-15-7-6-13(9-16(15)20)21-17(23)10-25-14-3-1-2-12(8-14)22-18(24)11-4-5-11/h1-3,6-9,11H,4-5,10H2,(H,21,23)(H,22,24). The van der Waals surface area contributed by atoms with Crippen molar-refractivity contribution in [2.45, 2.75) is 17.7 Å². The highest BCUT2D eigenvalue weighted by Gasteiger charge is 2.29. The molecule has 0 spiro atoms. The maximum atomic E-state index is 12.1. The van der Waals surface area contributed by atoms with Gasteiger partial charge in [0.05, 0.1) is 15.8 Å². The van der Waals surface area contributed by atoms with Gasteiger partial charge >= 0.3 is 0 Å². The Labute approximate surface area is 160 Å². The molecular weight excluding hydrogens is 379 g/mol. The lowest BCUT2D eigenvalue weighted by atomic mass is 10.3. The fourth-order valence-corrected chi connectivity index (χ4v) is 3.23. The number of rotatable bonds is 6. The zero-order valence-corrected chi connectivity index (χ0v) is 15.5. The molecule has 130 valence electrons. The molecule has 2 N–H and O–H groups in total. The van der Waals surface area contributed by atoms with E-state index < -0.39 is 0 Å². The largest absolute Gasteiger partial charge is 0.326 e. The molecule has 1 fully saturated rings. The van der Waals surface area contributed by atoms with Crippen molar-refractivity contribution >= 4 is 58.2 Å². The lowest BCUT2D eigenvalue weighted by molar-refractivity contribution is -0.117. The van der Waals surface area contributed by atoms with Crippen LogP contribution in [0.2, 0.25) is 10.0 Å². The number of halogens is 2. The molecule has 0 aromatic heterocycles. The van der Waals surface area contributed by atoms with Crippen LogP contribution in [0.5, 0.6) is 0 Å². The van der Waals surface area contributed by atoms with Crippen LogP contribution in [0.3, 0.4) is 0 Å². The third-order valence-corrected chi connectivity index (χ3v) is 5.36. The molecule has 4 nitrogen and oxygen atoms in total. The minimum Gasteiger partial charge on any atom is -0.326 e. The first-order valence-corrected chi connectivity index (χ1v) is 9.54. The van der Waals surface area contributed by atoms with Gasteiger partial charge in [0.15, 0.2) is 0 Å². The molecule has 1 aliphatic rings. The highest BCUT2D eigenvalue weighted by molar-refractivity contribution is 8.00. The van der Waals surface area contributed by atoms with Crippen LogP contribution in [0, 0.1) is 5.92 Å². The first-order valence-electron chi connectivity index (χ1n) is 7.80.